The van der Waals surface area contributed by atoms with Crippen LogP contribution in [0.25, 0.3) is 11.3 Å². The molecule has 1 aromatic carbocycles. The third-order valence-corrected chi connectivity index (χ3v) is 3.78. The number of benzene rings is 1. The van der Waals surface area contributed by atoms with Gasteiger partial charge in [-0.1, -0.05) is 18.2 Å². The van der Waals surface area contributed by atoms with Crippen LogP contribution in [0.4, 0.5) is 0 Å². The first-order valence-corrected chi connectivity index (χ1v) is 7.45. The molecule has 1 aliphatic heterocycles. The Labute approximate surface area is 129 Å². The van der Waals surface area contributed by atoms with E-state index in [1.165, 1.54) is 0 Å². The number of carboxylic acid groups (broad SMARTS) is 1. The first-order chi connectivity index (χ1) is 10.7. The van der Waals surface area contributed by atoms with Crippen molar-refractivity contribution in [2.45, 2.75) is 13.0 Å². The largest absolute Gasteiger partial charge is 0.478 e. The minimum Gasteiger partial charge on any atom is -0.478 e. The smallest absolute Gasteiger partial charge is 0.336 e. The summed E-state index contributed by atoms with van der Waals surface area (Å²) in [6, 6.07) is 10.6. The molecule has 0 spiro atoms. The summed E-state index contributed by atoms with van der Waals surface area (Å²) in [7, 11) is 0. The molecule has 1 aromatic heterocycles. The van der Waals surface area contributed by atoms with Crippen LogP contribution < -0.4 is 0 Å². The number of hydrogen-bond donors (Lipinski definition) is 1. The molecule has 1 saturated heterocycles. The molecule has 5 heteroatoms. The van der Waals surface area contributed by atoms with E-state index in [9.17, 15) is 9.90 Å². The Balaban J connectivity index is 1.77. The third kappa shape index (κ3) is 3.37. The molecule has 1 aliphatic rings. The number of carboxylic acids is 1. The molecule has 1 fully saturated rings. The topological polar surface area (TPSA) is 62.9 Å². The van der Waals surface area contributed by atoms with Crippen LogP contribution in [0, 0.1) is 0 Å². The standard InChI is InChI=1S/C17H19NO4/c19-17(20)15-5-2-1-4-14(15)16-7-6-13(22-16)12-18-8-3-10-21-11-9-18/h1-2,4-7H,3,8-12H2,(H,19,20). The number of nitrogens with zero attached hydrogens (tertiary/aromatic N) is 1. The molecule has 5 nitrogen and oxygen atoms in total. The van der Waals surface area contributed by atoms with Crippen molar-refractivity contribution in [2.24, 2.45) is 0 Å². The Hall–Kier alpha value is -2.11. The molecule has 0 atom stereocenters. The van der Waals surface area contributed by atoms with Gasteiger partial charge in [-0.2, -0.15) is 0 Å². The molecule has 0 bridgehead atoms. The Morgan fingerprint density at radius 1 is 1.14 bits per heavy atom. The summed E-state index contributed by atoms with van der Waals surface area (Å²) >= 11 is 0. The van der Waals surface area contributed by atoms with E-state index in [4.69, 9.17) is 9.15 Å². The van der Waals surface area contributed by atoms with E-state index >= 15 is 0 Å². The minimum atomic E-state index is -0.946. The number of ether oxygens (including phenoxy) is 1. The maximum Gasteiger partial charge on any atom is 0.336 e. The second kappa shape index (κ2) is 6.77. The molecular weight excluding hydrogens is 282 g/mol. The normalized spacial score (nSPS) is 16.4. The van der Waals surface area contributed by atoms with Gasteiger partial charge in [-0.25, -0.2) is 4.79 Å². The summed E-state index contributed by atoms with van der Waals surface area (Å²) in [5, 5.41) is 9.26. The van der Waals surface area contributed by atoms with Gasteiger partial charge in [0.05, 0.1) is 18.7 Å². The van der Waals surface area contributed by atoms with Crippen molar-refractivity contribution in [1.29, 1.82) is 0 Å². The fraction of sp³-hybridized carbons (Fsp3) is 0.353. The summed E-state index contributed by atoms with van der Waals surface area (Å²) in [5.74, 6) is 0.495. The quantitative estimate of drug-likeness (QED) is 0.941. The maximum atomic E-state index is 11.3. The van der Waals surface area contributed by atoms with Crippen molar-refractivity contribution < 1.29 is 19.1 Å². The summed E-state index contributed by atoms with van der Waals surface area (Å²) in [6.07, 6.45) is 1.02. The van der Waals surface area contributed by atoms with Crippen LogP contribution in [0.2, 0.25) is 0 Å². The first-order valence-electron chi connectivity index (χ1n) is 7.45. The molecule has 3 rings (SSSR count). The van der Waals surface area contributed by atoms with Gasteiger partial charge in [0.25, 0.3) is 0 Å². The van der Waals surface area contributed by atoms with Crippen molar-refractivity contribution in [2.75, 3.05) is 26.3 Å². The Morgan fingerprint density at radius 3 is 2.86 bits per heavy atom. The van der Waals surface area contributed by atoms with Crippen molar-refractivity contribution in [3.8, 4) is 11.3 Å². The lowest BCUT2D eigenvalue weighted by molar-refractivity contribution is 0.0697. The van der Waals surface area contributed by atoms with E-state index in [2.05, 4.69) is 4.90 Å². The number of aromatic carboxylic acids is 1. The summed E-state index contributed by atoms with van der Waals surface area (Å²) in [4.78, 5) is 13.6. The second-order valence-electron chi connectivity index (χ2n) is 5.36. The van der Waals surface area contributed by atoms with E-state index in [0.29, 0.717) is 11.3 Å². The van der Waals surface area contributed by atoms with Crippen molar-refractivity contribution in [1.82, 2.24) is 4.90 Å². The molecule has 0 saturated carbocycles. The Bertz CT molecular complexity index is 642. The molecule has 1 N–H and O–H groups in total. The molecular formula is C17H19NO4. The molecule has 0 radical (unpaired) electrons. The highest BCUT2D eigenvalue weighted by atomic mass is 16.5. The van der Waals surface area contributed by atoms with E-state index in [1.54, 1.807) is 18.2 Å². The highest BCUT2D eigenvalue weighted by molar-refractivity contribution is 5.95. The Morgan fingerprint density at radius 2 is 2.00 bits per heavy atom. The molecule has 22 heavy (non-hydrogen) atoms. The monoisotopic (exact) mass is 301 g/mol. The van der Waals surface area contributed by atoms with Gasteiger partial charge >= 0.3 is 5.97 Å². The molecule has 2 heterocycles. The van der Waals surface area contributed by atoms with Crippen LogP contribution in [0.3, 0.4) is 0 Å². The average Bonchev–Trinajstić information content (AvgIpc) is 2.83. The van der Waals surface area contributed by atoms with Crippen LogP contribution in [-0.4, -0.2) is 42.3 Å². The highest BCUT2D eigenvalue weighted by Crippen LogP contribution is 2.26. The summed E-state index contributed by atoms with van der Waals surface area (Å²) < 4.78 is 11.3. The lowest BCUT2D eigenvalue weighted by Gasteiger charge is -2.17. The van der Waals surface area contributed by atoms with E-state index in [0.717, 1.165) is 45.0 Å². The van der Waals surface area contributed by atoms with Crippen LogP contribution >= 0.6 is 0 Å². The lowest BCUT2D eigenvalue weighted by atomic mass is 10.1. The number of furan rings is 1. The van der Waals surface area contributed by atoms with Gasteiger partial charge < -0.3 is 14.3 Å². The SMILES string of the molecule is O=C(O)c1ccccc1-c1ccc(CN2CCCOCC2)o1. The van der Waals surface area contributed by atoms with Gasteiger partial charge in [-0.05, 0) is 24.6 Å². The van der Waals surface area contributed by atoms with Gasteiger partial charge in [-0.15, -0.1) is 0 Å². The van der Waals surface area contributed by atoms with Crippen molar-refractivity contribution >= 4 is 5.97 Å². The fourth-order valence-electron chi connectivity index (χ4n) is 2.67. The van der Waals surface area contributed by atoms with Gasteiger partial charge in [0, 0.05) is 25.3 Å². The van der Waals surface area contributed by atoms with E-state index in [-0.39, 0.29) is 5.56 Å². The lowest BCUT2D eigenvalue weighted by Crippen LogP contribution is -2.25. The maximum absolute atomic E-state index is 11.3. The average molecular weight is 301 g/mol. The van der Waals surface area contributed by atoms with Gasteiger partial charge in [0.2, 0.25) is 0 Å². The van der Waals surface area contributed by atoms with Crippen molar-refractivity contribution in [3.63, 3.8) is 0 Å². The van der Waals surface area contributed by atoms with Crippen LogP contribution in [0.15, 0.2) is 40.8 Å². The second-order valence-corrected chi connectivity index (χ2v) is 5.36. The summed E-state index contributed by atoms with van der Waals surface area (Å²) in [6.45, 7) is 4.16. The number of carbonyl (C=O) groups is 1. The third-order valence-electron chi connectivity index (χ3n) is 3.78. The first kappa shape index (κ1) is 14.8. The number of rotatable bonds is 4. The number of hydrogen-bond acceptors (Lipinski definition) is 4. The van der Waals surface area contributed by atoms with Crippen LogP contribution in [0.1, 0.15) is 22.5 Å². The van der Waals surface area contributed by atoms with Gasteiger partial charge in [0.1, 0.15) is 11.5 Å². The highest BCUT2D eigenvalue weighted by Gasteiger charge is 2.16. The molecule has 0 aliphatic carbocycles. The molecule has 0 amide bonds. The van der Waals surface area contributed by atoms with E-state index < -0.39 is 5.97 Å². The van der Waals surface area contributed by atoms with Gasteiger partial charge in [-0.3, -0.25) is 4.90 Å². The predicted octanol–water partition coefficient (Wildman–Crippen LogP) is 2.87. The zero-order valence-electron chi connectivity index (χ0n) is 12.3. The van der Waals surface area contributed by atoms with Crippen LogP contribution in [0.5, 0.6) is 0 Å². The Kier molecular flexibility index (Phi) is 4.56. The van der Waals surface area contributed by atoms with Crippen LogP contribution in [-0.2, 0) is 11.3 Å². The van der Waals surface area contributed by atoms with E-state index in [1.807, 2.05) is 18.2 Å². The minimum absolute atomic E-state index is 0.256. The van der Waals surface area contributed by atoms with Crippen molar-refractivity contribution in [3.05, 3.63) is 47.7 Å². The zero-order valence-corrected chi connectivity index (χ0v) is 12.3. The fourth-order valence-corrected chi connectivity index (χ4v) is 2.67. The predicted molar refractivity (Wildman–Crippen MR) is 81.8 cm³/mol. The molecule has 0 unspecified atom stereocenters. The van der Waals surface area contributed by atoms with Gasteiger partial charge in [0.15, 0.2) is 0 Å². The summed E-state index contributed by atoms with van der Waals surface area (Å²) in [5.41, 5.74) is 0.868. The zero-order chi connectivity index (χ0) is 15.4. The molecule has 2 aromatic rings. The molecule has 116 valence electrons.